The maximum atomic E-state index is 8.60. The zero-order valence-electron chi connectivity index (χ0n) is 12.1. The smallest absolute Gasteiger partial charge is 0.0795 e. The van der Waals surface area contributed by atoms with Crippen LogP contribution in [0.4, 0.5) is 0 Å². The predicted molar refractivity (Wildman–Crippen MR) is 74.3 cm³/mol. The molecule has 0 aromatic heterocycles. The second-order valence-corrected chi connectivity index (χ2v) is 4.81. The van der Waals surface area contributed by atoms with Gasteiger partial charge in [-0.1, -0.05) is 65.7 Å². The van der Waals surface area contributed by atoms with Crippen LogP contribution in [0.15, 0.2) is 0 Å². The molecule has 2 aliphatic rings. The molecule has 17 heavy (non-hydrogen) atoms. The Morgan fingerprint density at radius 2 is 1.71 bits per heavy atom. The second kappa shape index (κ2) is 12.4. The van der Waals surface area contributed by atoms with Crippen molar-refractivity contribution in [2.45, 2.75) is 78.2 Å². The summed E-state index contributed by atoms with van der Waals surface area (Å²) in [7, 11) is 0. The molecule has 1 aliphatic heterocycles. The molecule has 1 saturated heterocycles. The van der Waals surface area contributed by atoms with Crippen molar-refractivity contribution in [3.63, 3.8) is 0 Å². The fourth-order valence-corrected chi connectivity index (χ4v) is 2.41. The summed E-state index contributed by atoms with van der Waals surface area (Å²) in [6.45, 7) is 7.58. The SMILES string of the molecule is CC.CCCC1CCCCC1.OC1CCOC1. The van der Waals surface area contributed by atoms with Gasteiger partial charge < -0.3 is 9.84 Å². The number of aliphatic hydroxyl groups is 1. The molecule has 1 atom stereocenters. The zero-order chi connectivity index (χ0) is 12.9. The normalized spacial score (nSPS) is 24.4. The first-order valence-corrected chi connectivity index (χ1v) is 7.58. The van der Waals surface area contributed by atoms with E-state index in [1.165, 1.54) is 44.9 Å². The van der Waals surface area contributed by atoms with Gasteiger partial charge in [0.1, 0.15) is 0 Å². The molecule has 0 amide bonds. The van der Waals surface area contributed by atoms with E-state index in [2.05, 4.69) is 6.92 Å². The molecule has 0 bridgehead atoms. The Balaban J connectivity index is 0.000000278. The second-order valence-electron chi connectivity index (χ2n) is 4.81. The Morgan fingerprint density at radius 3 is 2.06 bits per heavy atom. The molecule has 0 spiro atoms. The Bertz CT molecular complexity index is 133. The Labute approximate surface area is 108 Å². The van der Waals surface area contributed by atoms with Crippen LogP contribution in [0.3, 0.4) is 0 Å². The topological polar surface area (TPSA) is 29.5 Å². The quantitative estimate of drug-likeness (QED) is 0.790. The summed E-state index contributed by atoms with van der Waals surface area (Å²) in [6, 6.07) is 0. The molecule has 2 nitrogen and oxygen atoms in total. The van der Waals surface area contributed by atoms with Crippen LogP contribution >= 0.6 is 0 Å². The van der Waals surface area contributed by atoms with Crippen molar-refractivity contribution in [1.29, 1.82) is 0 Å². The Hall–Kier alpha value is -0.0800. The van der Waals surface area contributed by atoms with Gasteiger partial charge in [0, 0.05) is 6.61 Å². The van der Waals surface area contributed by atoms with Crippen LogP contribution in [0.1, 0.15) is 72.1 Å². The predicted octanol–water partition coefficient (Wildman–Crippen LogP) is 4.16. The van der Waals surface area contributed by atoms with E-state index < -0.39 is 0 Å². The van der Waals surface area contributed by atoms with Gasteiger partial charge in [0.05, 0.1) is 12.7 Å². The molecule has 1 heterocycles. The fraction of sp³-hybridized carbons (Fsp3) is 1.00. The molecule has 0 radical (unpaired) electrons. The molecule has 104 valence electrons. The number of hydrogen-bond acceptors (Lipinski definition) is 2. The van der Waals surface area contributed by atoms with Crippen molar-refractivity contribution >= 4 is 0 Å². The van der Waals surface area contributed by atoms with Gasteiger partial charge in [-0.05, 0) is 12.3 Å². The molecule has 2 rings (SSSR count). The Morgan fingerprint density at radius 1 is 1.06 bits per heavy atom. The van der Waals surface area contributed by atoms with Crippen LogP contribution in [0, 0.1) is 5.92 Å². The van der Waals surface area contributed by atoms with E-state index in [0.717, 1.165) is 18.9 Å². The van der Waals surface area contributed by atoms with Gasteiger partial charge in [-0.2, -0.15) is 0 Å². The van der Waals surface area contributed by atoms with Gasteiger partial charge in [0.15, 0.2) is 0 Å². The summed E-state index contributed by atoms with van der Waals surface area (Å²) in [4.78, 5) is 0. The van der Waals surface area contributed by atoms with Gasteiger partial charge in [-0.3, -0.25) is 0 Å². The van der Waals surface area contributed by atoms with Crippen LogP contribution in [-0.2, 0) is 4.74 Å². The number of hydrogen-bond donors (Lipinski definition) is 1. The van der Waals surface area contributed by atoms with E-state index in [0.29, 0.717) is 6.61 Å². The molecule has 1 unspecified atom stereocenters. The average molecular weight is 244 g/mol. The molecule has 0 aromatic carbocycles. The lowest BCUT2D eigenvalue weighted by Gasteiger charge is -2.20. The molecular weight excluding hydrogens is 212 g/mol. The number of rotatable bonds is 2. The highest BCUT2D eigenvalue weighted by atomic mass is 16.5. The van der Waals surface area contributed by atoms with Crippen LogP contribution in [0.25, 0.3) is 0 Å². The first-order valence-electron chi connectivity index (χ1n) is 7.58. The van der Waals surface area contributed by atoms with E-state index >= 15 is 0 Å². The van der Waals surface area contributed by atoms with E-state index in [9.17, 15) is 0 Å². The first-order chi connectivity index (χ1) is 8.33. The third-order valence-electron chi connectivity index (χ3n) is 3.33. The summed E-state index contributed by atoms with van der Waals surface area (Å²) in [5.41, 5.74) is 0. The van der Waals surface area contributed by atoms with Crippen molar-refractivity contribution in [1.82, 2.24) is 0 Å². The van der Waals surface area contributed by atoms with Crippen LogP contribution in [0.5, 0.6) is 0 Å². The van der Waals surface area contributed by atoms with E-state index in [-0.39, 0.29) is 6.10 Å². The van der Waals surface area contributed by atoms with E-state index in [1.54, 1.807) is 0 Å². The van der Waals surface area contributed by atoms with Crippen molar-refractivity contribution in [3.05, 3.63) is 0 Å². The van der Waals surface area contributed by atoms with Crippen molar-refractivity contribution < 1.29 is 9.84 Å². The number of aliphatic hydroxyl groups excluding tert-OH is 1. The minimum atomic E-state index is -0.176. The molecule has 0 aromatic rings. The zero-order valence-corrected chi connectivity index (χ0v) is 12.1. The van der Waals surface area contributed by atoms with Crippen LogP contribution in [0.2, 0.25) is 0 Å². The van der Waals surface area contributed by atoms with Gasteiger partial charge in [-0.25, -0.2) is 0 Å². The lowest BCUT2D eigenvalue weighted by atomic mass is 9.86. The summed E-state index contributed by atoms with van der Waals surface area (Å²) >= 11 is 0. The van der Waals surface area contributed by atoms with Crippen molar-refractivity contribution in [2.75, 3.05) is 13.2 Å². The molecule has 1 aliphatic carbocycles. The largest absolute Gasteiger partial charge is 0.391 e. The third-order valence-corrected chi connectivity index (χ3v) is 3.33. The highest BCUT2D eigenvalue weighted by molar-refractivity contribution is 4.64. The molecule has 2 fully saturated rings. The maximum absolute atomic E-state index is 8.60. The van der Waals surface area contributed by atoms with Crippen molar-refractivity contribution in [2.24, 2.45) is 5.92 Å². The van der Waals surface area contributed by atoms with Gasteiger partial charge in [-0.15, -0.1) is 0 Å². The molecular formula is C15H32O2. The molecule has 1 saturated carbocycles. The monoisotopic (exact) mass is 244 g/mol. The Kier molecular flexibility index (Phi) is 12.3. The van der Waals surface area contributed by atoms with Gasteiger partial charge in [0.2, 0.25) is 0 Å². The van der Waals surface area contributed by atoms with Crippen LogP contribution < -0.4 is 0 Å². The highest BCUT2D eigenvalue weighted by Crippen LogP contribution is 2.26. The highest BCUT2D eigenvalue weighted by Gasteiger charge is 2.11. The van der Waals surface area contributed by atoms with Crippen molar-refractivity contribution in [3.8, 4) is 0 Å². The van der Waals surface area contributed by atoms with Crippen LogP contribution in [-0.4, -0.2) is 24.4 Å². The number of ether oxygens (including phenoxy) is 1. The lowest BCUT2D eigenvalue weighted by molar-refractivity contribution is 0.127. The first kappa shape index (κ1) is 16.9. The summed E-state index contributed by atoms with van der Waals surface area (Å²) in [6.07, 6.45) is 11.1. The lowest BCUT2D eigenvalue weighted by Crippen LogP contribution is -2.04. The minimum absolute atomic E-state index is 0.176. The van der Waals surface area contributed by atoms with Gasteiger partial charge in [0.25, 0.3) is 0 Å². The standard InChI is InChI=1S/C9H18.C4H8O2.C2H6/c1-2-6-9-7-4-3-5-8-9;5-4-1-2-6-3-4;1-2/h9H,2-8H2,1H3;4-5H,1-3H2;1-2H3. The third kappa shape index (κ3) is 9.61. The summed E-state index contributed by atoms with van der Waals surface area (Å²) in [5.74, 6) is 1.10. The van der Waals surface area contributed by atoms with E-state index in [1.807, 2.05) is 13.8 Å². The molecule has 1 N–H and O–H groups in total. The van der Waals surface area contributed by atoms with E-state index in [4.69, 9.17) is 9.84 Å². The van der Waals surface area contributed by atoms with Gasteiger partial charge >= 0.3 is 0 Å². The minimum Gasteiger partial charge on any atom is -0.391 e. The molecule has 2 heteroatoms. The summed E-state index contributed by atoms with van der Waals surface area (Å²) in [5, 5.41) is 8.60. The maximum Gasteiger partial charge on any atom is 0.0795 e. The fourth-order valence-electron chi connectivity index (χ4n) is 2.41. The average Bonchev–Trinajstić information content (AvgIpc) is 2.85. The summed E-state index contributed by atoms with van der Waals surface area (Å²) < 4.78 is 4.81.